The first kappa shape index (κ1) is 15.7. The third kappa shape index (κ3) is 5.65. The van der Waals surface area contributed by atoms with Gasteiger partial charge in [-0.3, -0.25) is 4.79 Å². The van der Waals surface area contributed by atoms with E-state index in [1.807, 2.05) is 67.6 Å². The van der Waals surface area contributed by atoms with E-state index in [2.05, 4.69) is 10.5 Å². The molecule has 5 heteroatoms. The van der Waals surface area contributed by atoms with Gasteiger partial charge in [-0.1, -0.05) is 71.5 Å². The average Bonchev–Trinajstić information content (AvgIpc) is 2.54. The molecule has 0 aliphatic rings. The lowest BCUT2D eigenvalue weighted by Gasteiger charge is -2.02. The molecule has 0 fully saturated rings. The van der Waals surface area contributed by atoms with E-state index in [0.29, 0.717) is 0 Å². The molecule has 1 amide bonds. The van der Waals surface area contributed by atoms with Crippen LogP contribution < -0.4 is 5.43 Å². The first-order valence-corrected chi connectivity index (χ1v) is 8.80. The molecule has 0 atom stereocenters. The normalized spacial score (nSPS) is 11.2. The Balaban J connectivity index is 1.75. The Hall–Kier alpha value is -1.72. The predicted molar refractivity (Wildman–Crippen MR) is 92.5 cm³/mol. The van der Waals surface area contributed by atoms with Gasteiger partial charge in [0.15, 0.2) is 0 Å². The van der Waals surface area contributed by atoms with Crippen molar-refractivity contribution in [3.63, 3.8) is 0 Å². The number of hydrogen-bond acceptors (Lipinski definition) is 4. The van der Waals surface area contributed by atoms with Crippen molar-refractivity contribution < 1.29 is 4.79 Å². The maximum Gasteiger partial charge on any atom is 0.309 e. The van der Waals surface area contributed by atoms with Crippen molar-refractivity contribution in [2.24, 2.45) is 5.10 Å². The van der Waals surface area contributed by atoms with E-state index < -0.39 is 0 Å². The maximum atomic E-state index is 11.7. The number of hydrogen-bond donors (Lipinski definition) is 1. The van der Waals surface area contributed by atoms with E-state index in [-0.39, 0.29) is 5.24 Å². The van der Waals surface area contributed by atoms with Gasteiger partial charge >= 0.3 is 5.24 Å². The van der Waals surface area contributed by atoms with E-state index in [4.69, 9.17) is 0 Å². The van der Waals surface area contributed by atoms with Crippen LogP contribution in [0.3, 0.4) is 0 Å². The molecular weight excluding hydrogens is 300 g/mol. The minimum atomic E-state index is -0.161. The topological polar surface area (TPSA) is 41.5 Å². The van der Waals surface area contributed by atoms with Gasteiger partial charge in [0.1, 0.15) is 0 Å². The fraction of sp³-hybridized carbons (Fsp3) is 0.125. The second-order valence-electron chi connectivity index (χ2n) is 4.29. The summed E-state index contributed by atoms with van der Waals surface area (Å²) in [6, 6.07) is 19.8. The number of carbonyl (C=O) groups is 1. The Morgan fingerprint density at radius 1 is 1.05 bits per heavy atom. The highest BCUT2D eigenvalue weighted by Crippen LogP contribution is 2.26. The molecule has 2 aromatic carbocycles. The van der Waals surface area contributed by atoms with Crippen LogP contribution in [0, 0.1) is 0 Å². The highest BCUT2D eigenvalue weighted by Gasteiger charge is 2.03. The van der Waals surface area contributed by atoms with Crippen molar-refractivity contribution in [2.75, 3.05) is 0 Å². The molecule has 2 rings (SSSR count). The largest absolute Gasteiger partial charge is 0.309 e. The van der Waals surface area contributed by atoms with Crippen LogP contribution in [0.25, 0.3) is 0 Å². The van der Waals surface area contributed by atoms with Crippen molar-refractivity contribution in [1.82, 2.24) is 5.43 Å². The Morgan fingerprint density at radius 2 is 1.67 bits per heavy atom. The predicted octanol–water partition coefficient (Wildman–Crippen LogP) is 4.70. The van der Waals surface area contributed by atoms with E-state index in [9.17, 15) is 4.79 Å². The van der Waals surface area contributed by atoms with Gasteiger partial charge in [0.25, 0.3) is 0 Å². The number of hydrazone groups is 1. The van der Waals surface area contributed by atoms with Crippen molar-refractivity contribution in [3.8, 4) is 0 Å². The van der Waals surface area contributed by atoms with Gasteiger partial charge in [-0.2, -0.15) is 5.10 Å². The summed E-state index contributed by atoms with van der Waals surface area (Å²) < 4.78 is 0. The molecule has 3 nitrogen and oxygen atoms in total. The van der Waals surface area contributed by atoms with Crippen molar-refractivity contribution in [1.29, 1.82) is 0 Å². The summed E-state index contributed by atoms with van der Waals surface area (Å²) in [5, 5.41) is 3.94. The van der Waals surface area contributed by atoms with E-state index in [1.54, 1.807) is 0 Å². The molecule has 1 N–H and O–H groups in total. The summed E-state index contributed by atoms with van der Waals surface area (Å²) in [7, 11) is 2.67. The Morgan fingerprint density at radius 3 is 2.33 bits per heavy atom. The SMILES string of the molecule is C/C(=N\NC(=O)SSCc1ccccc1)c1ccccc1. The number of carbonyl (C=O) groups excluding carboxylic acids is 1. The second kappa shape index (κ2) is 8.54. The molecule has 0 aliphatic carbocycles. The van der Waals surface area contributed by atoms with Crippen LogP contribution in [0.15, 0.2) is 65.8 Å². The van der Waals surface area contributed by atoms with E-state index in [0.717, 1.165) is 17.0 Å². The molecule has 0 heterocycles. The molecule has 0 aromatic heterocycles. The Kier molecular flexibility index (Phi) is 6.37. The average molecular weight is 316 g/mol. The number of nitrogens with one attached hydrogen (secondary N) is 1. The number of benzene rings is 2. The molecule has 2 aromatic rings. The van der Waals surface area contributed by atoms with Crippen LogP contribution in [0.1, 0.15) is 18.1 Å². The fourth-order valence-electron chi connectivity index (χ4n) is 1.62. The molecule has 0 radical (unpaired) electrons. The van der Waals surface area contributed by atoms with Gasteiger partial charge in [0.05, 0.1) is 5.71 Å². The molecule has 21 heavy (non-hydrogen) atoms. The first-order chi connectivity index (χ1) is 10.3. The standard InChI is InChI=1S/C16H16N2OS2/c1-13(15-10-6-3-7-11-15)17-18-16(19)21-20-12-14-8-4-2-5-9-14/h2-11H,12H2,1H3,(H,18,19)/b17-13+. The third-order valence-electron chi connectivity index (χ3n) is 2.71. The fourth-order valence-corrected chi connectivity index (χ4v) is 3.21. The lowest BCUT2D eigenvalue weighted by atomic mass is 10.1. The van der Waals surface area contributed by atoms with Crippen molar-refractivity contribution in [3.05, 3.63) is 71.8 Å². The lowest BCUT2D eigenvalue weighted by molar-refractivity contribution is 0.261. The minimum absolute atomic E-state index is 0.161. The van der Waals surface area contributed by atoms with Crippen molar-refractivity contribution in [2.45, 2.75) is 12.7 Å². The van der Waals surface area contributed by atoms with Gasteiger partial charge in [-0.15, -0.1) is 0 Å². The molecule has 0 saturated heterocycles. The molecule has 0 saturated carbocycles. The van der Waals surface area contributed by atoms with Crippen LogP contribution in [-0.2, 0) is 5.75 Å². The molecule has 0 aliphatic heterocycles. The Bertz CT molecular complexity index is 600. The highest BCUT2D eigenvalue weighted by molar-refractivity contribution is 8.81. The Labute approximate surface area is 132 Å². The zero-order valence-electron chi connectivity index (χ0n) is 11.7. The third-order valence-corrected chi connectivity index (χ3v) is 4.68. The summed E-state index contributed by atoms with van der Waals surface area (Å²) in [5.41, 5.74) is 5.55. The van der Waals surface area contributed by atoms with Crippen LogP contribution in [0.2, 0.25) is 0 Å². The zero-order valence-corrected chi connectivity index (χ0v) is 13.3. The molecule has 0 spiro atoms. The summed E-state index contributed by atoms with van der Waals surface area (Å²) in [6.45, 7) is 1.87. The first-order valence-electron chi connectivity index (χ1n) is 6.49. The van der Waals surface area contributed by atoms with Gasteiger partial charge in [0, 0.05) is 16.5 Å². The number of amides is 1. The van der Waals surface area contributed by atoms with Gasteiger partial charge < -0.3 is 0 Å². The quantitative estimate of drug-likeness (QED) is 0.494. The summed E-state index contributed by atoms with van der Waals surface area (Å²) in [6.07, 6.45) is 0. The van der Waals surface area contributed by atoms with Gasteiger partial charge in [0.2, 0.25) is 0 Å². The minimum Gasteiger partial charge on any atom is -0.259 e. The summed E-state index contributed by atoms with van der Waals surface area (Å²) in [5.74, 6) is 0.792. The smallest absolute Gasteiger partial charge is 0.259 e. The van der Waals surface area contributed by atoms with Gasteiger partial charge in [-0.25, -0.2) is 5.43 Å². The van der Waals surface area contributed by atoms with Crippen molar-refractivity contribution >= 4 is 32.5 Å². The number of nitrogens with zero attached hydrogens (tertiary/aromatic N) is 1. The molecule has 0 unspecified atom stereocenters. The summed E-state index contributed by atoms with van der Waals surface area (Å²) in [4.78, 5) is 11.7. The highest BCUT2D eigenvalue weighted by atomic mass is 33.1. The lowest BCUT2D eigenvalue weighted by Crippen LogP contribution is -2.13. The van der Waals surface area contributed by atoms with Gasteiger partial charge in [-0.05, 0) is 18.1 Å². The van der Waals surface area contributed by atoms with E-state index in [1.165, 1.54) is 27.2 Å². The van der Waals surface area contributed by atoms with Crippen LogP contribution in [-0.4, -0.2) is 11.0 Å². The van der Waals surface area contributed by atoms with Crippen LogP contribution in [0.4, 0.5) is 4.79 Å². The summed E-state index contributed by atoms with van der Waals surface area (Å²) >= 11 is 0. The van der Waals surface area contributed by atoms with Crippen LogP contribution in [0.5, 0.6) is 0 Å². The van der Waals surface area contributed by atoms with E-state index >= 15 is 0 Å². The second-order valence-corrected chi connectivity index (χ2v) is 6.56. The molecule has 108 valence electrons. The maximum absolute atomic E-state index is 11.7. The number of rotatable bonds is 5. The van der Waals surface area contributed by atoms with Crippen LogP contribution >= 0.6 is 21.6 Å². The molecule has 0 bridgehead atoms. The molecular formula is C16H16N2OS2. The monoisotopic (exact) mass is 316 g/mol. The zero-order chi connectivity index (χ0) is 14.9.